The molecule has 0 aliphatic heterocycles. The Morgan fingerprint density at radius 1 is 1.39 bits per heavy atom. The molecule has 1 rings (SSSR count). The van der Waals surface area contributed by atoms with Crippen LogP contribution >= 0.6 is 0 Å². The zero-order valence-electron chi connectivity index (χ0n) is 10.6. The molecule has 0 fully saturated rings. The van der Waals surface area contributed by atoms with E-state index in [2.05, 4.69) is 0 Å². The standard InChI is InChI=1S/C14H19NO3/c1-2-3-8-18-14(17)13(15)9-11-4-6-12(10-16)7-5-11/h4-7,10,13H,2-3,8-9,15H2,1H3/t13-/m0/s1. The third kappa shape index (κ3) is 4.67. The Bertz CT molecular complexity index is 387. The van der Waals surface area contributed by atoms with E-state index in [0.717, 1.165) is 24.7 Å². The van der Waals surface area contributed by atoms with Crippen molar-refractivity contribution in [3.05, 3.63) is 35.4 Å². The van der Waals surface area contributed by atoms with Gasteiger partial charge in [0.1, 0.15) is 12.3 Å². The maximum absolute atomic E-state index is 11.5. The van der Waals surface area contributed by atoms with Gasteiger partial charge in [0.2, 0.25) is 0 Å². The molecule has 1 aromatic carbocycles. The van der Waals surface area contributed by atoms with Gasteiger partial charge in [-0.2, -0.15) is 0 Å². The Balaban J connectivity index is 2.44. The molecule has 4 nitrogen and oxygen atoms in total. The van der Waals surface area contributed by atoms with Crippen LogP contribution in [0.3, 0.4) is 0 Å². The summed E-state index contributed by atoms with van der Waals surface area (Å²) in [5.41, 5.74) is 7.28. The fourth-order valence-corrected chi connectivity index (χ4v) is 1.49. The number of esters is 1. The van der Waals surface area contributed by atoms with Crippen LogP contribution < -0.4 is 5.73 Å². The van der Waals surface area contributed by atoms with E-state index < -0.39 is 6.04 Å². The van der Waals surface area contributed by atoms with Crippen molar-refractivity contribution in [2.75, 3.05) is 6.61 Å². The van der Waals surface area contributed by atoms with Crippen molar-refractivity contribution in [3.63, 3.8) is 0 Å². The van der Waals surface area contributed by atoms with Gasteiger partial charge in [0, 0.05) is 5.56 Å². The topological polar surface area (TPSA) is 69.4 Å². The summed E-state index contributed by atoms with van der Waals surface area (Å²) >= 11 is 0. The van der Waals surface area contributed by atoms with Gasteiger partial charge in [0.25, 0.3) is 0 Å². The zero-order valence-corrected chi connectivity index (χ0v) is 10.6. The molecule has 0 bridgehead atoms. The largest absolute Gasteiger partial charge is 0.465 e. The van der Waals surface area contributed by atoms with Gasteiger partial charge in [-0.1, -0.05) is 37.6 Å². The highest BCUT2D eigenvalue weighted by molar-refractivity contribution is 5.76. The van der Waals surface area contributed by atoms with E-state index in [1.807, 2.05) is 6.92 Å². The quantitative estimate of drug-likeness (QED) is 0.454. The Labute approximate surface area is 107 Å². The minimum Gasteiger partial charge on any atom is -0.465 e. The van der Waals surface area contributed by atoms with E-state index in [4.69, 9.17) is 10.5 Å². The van der Waals surface area contributed by atoms with Crippen LogP contribution in [0.5, 0.6) is 0 Å². The Morgan fingerprint density at radius 3 is 2.61 bits per heavy atom. The summed E-state index contributed by atoms with van der Waals surface area (Å²) in [6.45, 7) is 2.45. The van der Waals surface area contributed by atoms with Crippen LogP contribution in [-0.4, -0.2) is 24.9 Å². The lowest BCUT2D eigenvalue weighted by Crippen LogP contribution is -2.34. The van der Waals surface area contributed by atoms with Crippen LogP contribution in [0.1, 0.15) is 35.7 Å². The average Bonchev–Trinajstić information content (AvgIpc) is 2.39. The molecule has 98 valence electrons. The minimum atomic E-state index is -0.649. The number of hydrogen-bond acceptors (Lipinski definition) is 4. The van der Waals surface area contributed by atoms with Crippen molar-refractivity contribution in [2.45, 2.75) is 32.2 Å². The first kappa shape index (κ1) is 14.4. The van der Waals surface area contributed by atoms with E-state index in [9.17, 15) is 9.59 Å². The average molecular weight is 249 g/mol. The fourth-order valence-electron chi connectivity index (χ4n) is 1.49. The number of ether oxygens (including phenoxy) is 1. The summed E-state index contributed by atoms with van der Waals surface area (Å²) in [7, 11) is 0. The summed E-state index contributed by atoms with van der Waals surface area (Å²) < 4.78 is 5.04. The van der Waals surface area contributed by atoms with Crippen molar-refractivity contribution in [2.24, 2.45) is 5.73 Å². The summed E-state index contributed by atoms with van der Waals surface area (Å²) in [5, 5.41) is 0. The minimum absolute atomic E-state index is 0.372. The molecule has 0 radical (unpaired) electrons. The van der Waals surface area contributed by atoms with Crippen LogP contribution in [0.2, 0.25) is 0 Å². The molecule has 0 saturated heterocycles. The predicted molar refractivity (Wildman–Crippen MR) is 69.4 cm³/mol. The lowest BCUT2D eigenvalue weighted by atomic mass is 10.1. The van der Waals surface area contributed by atoms with Crippen molar-refractivity contribution in [1.29, 1.82) is 0 Å². The number of aldehydes is 1. The Hall–Kier alpha value is -1.68. The molecule has 0 saturated carbocycles. The molecular formula is C14H19NO3. The Kier molecular flexibility index (Phi) is 6.08. The SMILES string of the molecule is CCCCOC(=O)[C@@H](N)Cc1ccc(C=O)cc1. The summed E-state index contributed by atoms with van der Waals surface area (Å²) in [6.07, 6.45) is 3.04. The normalized spacial score (nSPS) is 11.9. The van der Waals surface area contributed by atoms with Gasteiger partial charge in [-0.05, 0) is 18.4 Å². The second-order valence-corrected chi connectivity index (χ2v) is 4.19. The molecule has 0 amide bonds. The van der Waals surface area contributed by atoms with Crippen molar-refractivity contribution < 1.29 is 14.3 Å². The molecule has 2 N–H and O–H groups in total. The highest BCUT2D eigenvalue weighted by atomic mass is 16.5. The molecule has 4 heteroatoms. The smallest absolute Gasteiger partial charge is 0.323 e. The van der Waals surface area contributed by atoms with Crippen LogP contribution in [-0.2, 0) is 16.0 Å². The van der Waals surface area contributed by atoms with Gasteiger partial charge in [0.15, 0.2) is 0 Å². The van der Waals surface area contributed by atoms with Crippen LogP contribution in [0.4, 0.5) is 0 Å². The second kappa shape index (κ2) is 7.61. The molecule has 0 aromatic heterocycles. The van der Waals surface area contributed by atoms with Crippen LogP contribution in [0.25, 0.3) is 0 Å². The molecule has 0 spiro atoms. The molecule has 1 aromatic rings. The number of nitrogens with two attached hydrogens (primary N) is 1. The molecule has 0 aliphatic rings. The number of carbonyl (C=O) groups is 2. The lowest BCUT2D eigenvalue weighted by Gasteiger charge is -2.11. The van der Waals surface area contributed by atoms with Crippen LogP contribution in [0, 0.1) is 0 Å². The first-order valence-corrected chi connectivity index (χ1v) is 6.13. The lowest BCUT2D eigenvalue weighted by molar-refractivity contribution is -0.145. The molecule has 18 heavy (non-hydrogen) atoms. The number of benzene rings is 1. The van der Waals surface area contributed by atoms with Crippen molar-refractivity contribution in [1.82, 2.24) is 0 Å². The van der Waals surface area contributed by atoms with Gasteiger partial charge < -0.3 is 10.5 Å². The fraction of sp³-hybridized carbons (Fsp3) is 0.429. The van der Waals surface area contributed by atoms with Gasteiger partial charge >= 0.3 is 5.97 Å². The highest BCUT2D eigenvalue weighted by Crippen LogP contribution is 2.06. The maximum Gasteiger partial charge on any atom is 0.323 e. The van der Waals surface area contributed by atoms with Gasteiger partial charge in [-0.3, -0.25) is 9.59 Å². The van der Waals surface area contributed by atoms with Crippen LogP contribution in [0.15, 0.2) is 24.3 Å². The highest BCUT2D eigenvalue weighted by Gasteiger charge is 2.15. The summed E-state index contributed by atoms with van der Waals surface area (Å²) in [6, 6.07) is 6.35. The monoisotopic (exact) mass is 249 g/mol. The van der Waals surface area contributed by atoms with Gasteiger partial charge in [-0.15, -0.1) is 0 Å². The zero-order chi connectivity index (χ0) is 13.4. The van der Waals surface area contributed by atoms with Crippen molar-refractivity contribution >= 4 is 12.3 Å². The number of hydrogen-bond donors (Lipinski definition) is 1. The molecule has 0 unspecified atom stereocenters. The Morgan fingerprint density at radius 2 is 2.06 bits per heavy atom. The second-order valence-electron chi connectivity index (χ2n) is 4.19. The van der Waals surface area contributed by atoms with E-state index in [-0.39, 0.29) is 5.97 Å². The first-order chi connectivity index (χ1) is 8.67. The van der Waals surface area contributed by atoms with E-state index in [1.54, 1.807) is 24.3 Å². The third-order valence-electron chi connectivity index (χ3n) is 2.62. The molecule has 0 heterocycles. The number of rotatable bonds is 7. The molecular weight excluding hydrogens is 230 g/mol. The number of unbranched alkanes of at least 4 members (excludes halogenated alkanes) is 1. The van der Waals surface area contributed by atoms with Gasteiger partial charge in [-0.25, -0.2) is 0 Å². The summed E-state index contributed by atoms with van der Waals surface area (Å²) in [5.74, 6) is -0.372. The molecule has 0 aliphatic carbocycles. The molecule has 1 atom stereocenters. The van der Waals surface area contributed by atoms with E-state index in [1.165, 1.54) is 0 Å². The maximum atomic E-state index is 11.5. The van der Waals surface area contributed by atoms with E-state index >= 15 is 0 Å². The van der Waals surface area contributed by atoms with Crippen molar-refractivity contribution in [3.8, 4) is 0 Å². The number of carbonyl (C=O) groups excluding carboxylic acids is 2. The van der Waals surface area contributed by atoms with Gasteiger partial charge in [0.05, 0.1) is 6.61 Å². The van der Waals surface area contributed by atoms with E-state index in [0.29, 0.717) is 18.6 Å². The predicted octanol–water partition coefficient (Wildman–Crippen LogP) is 1.71. The third-order valence-corrected chi connectivity index (χ3v) is 2.62. The summed E-state index contributed by atoms with van der Waals surface area (Å²) in [4.78, 5) is 22.0. The first-order valence-electron chi connectivity index (χ1n) is 6.13.